The minimum atomic E-state index is -3.53. The molecule has 0 radical (unpaired) electrons. The van der Waals surface area contributed by atoms with Crippen LogP contribution in [0, 0.1) is 0 Å². The summed E-state index contributed by atoms with van der Waals surface area (Å²) in [6.45, 7) is 0.341. The lowest BCUT2D eigenvalue weighted by molar-refractivity contribution is -0.119. The van der Waals surface area contributed by atoms with Crippen molar-refractivity contribution in [2.24, 2.45) is 0 Å². The zero-order valence-corrected chi connectivity index (χ0v) is 12.4. The Hall–Kier alpha value is -0.920. The van der Waals surface area contributed by atoms with Crippen molar-refractivity contribution in [1.29, 1.82) is 0 Å². The Morgan fingerprint density at radius 2 is 2.11 bits per heavy atom. The summed E-state index contributed by atoms with van der Waals surface area (Å²) in [5.74, 6) is -0.304. The number of allylic oxidation sites excluding steroid dienone is 1. The third-order valence-corrected chi connectivity index (χ3v) is 4.52. The summed E-state index contributed by atoms with van der Waals surface area (Å²) in [5, 5.41) is 2.72. The molecule has 0 spiro atoms. The number of carbonyl (C=O) groups excluding carboxylic acids is 1. The maximum Gasteiger partial charge on any atom is 0.279 e. The molecule has 0 aromatic carbocycles. The van der Waals surface area contributed by atoms with Crippen LogP contribution < -0.4 is 10.0 Å². The van der Waals surface area contributed by atoms with E-state index < -0.39 is 10.2 Å². The van der Waals surface area contributed by atoms with Crippen molar-refractivity contribution in [2.75, 3.05) is 27.2 Å². The maximum atomic E-state index is 11.5. The van der Waals surface area contributed by atoms with Gasteiger partial charge in [-0.3, -0.25) is 4.79 Å². The molecule has 0 bridgehead atoms. The number of nitrogens with one attached hydrogen (secondary N) is 2. The van der Waals surface area contributed by atoms with Crippen LogP contribution in [0.1, 0.15) is 32.1 Å². The van der Waals surface area contributed by atoms with Crippen LogP contribution in [0.15, 0.2) is 11.6 Å². The predicted octanol–water partition coefficient (Wildman–Crippen LogP) is 0.389. The predicted molar refractivity (Wildman–Crippen MR) is 74.8 cm³/mol. The summed E-state index contributed by atoms with van der Waals surface area (Å²) in [4.78, 5) is 11.5. The van der Waals surface area contributed by atoms with E-state index in [0.717, 1.165) is 23.6 Å². The van der Waals surface area contributed by atoms with Crippen LogP contribution in [-0.2, 0) is 15.0 Å². The van der Waals surface area contributed by atoms with Gasteiger partial charge in [-0.05, 0) is 32.1 Å². The van der Waals surface area contributed by atoms with E-state index >= 15 is 0 Å². The van der Waals surface area contributed by atoms with Crippen LogP contribution in [0.4, 0.5) is 0 Å². The van der Waals surface area contributed by atoms with Gasteiger partial charge in [0.15, 0.2) is 0 Å². The highest BCUT2D eigenvalue weighted by atomic mass is 32.2. The van der Waals surface area contributed by atoms with E-state index in [9.17, 15) is 13.2 Å². The second kappa shape index (κ2) is 7.62. The number of rotatable bonds is 7. The number of carbonyl (C=O) groups is 1. The minimum Gasteiger partial charge on any atom is -0.355 e. The summed E-state index contributed by atoms with van der Waals surface area (Å²) in [7, 11) is -0.703. The lowest BCUT2D eigenvalue weighted by Crippen LogP contribution is -2.42. The highest BCUT2D eigenvalue weighted by Gasteiger charge is 2.14. The van der Waals surface area contributed by atoms with Gasteiger partial charge in [0.05, 0.1) is 6.54 Å². The lowest BCUT2D eigenvalue weighted by Gasteiger charge is -2.14. The van der Waals surface area contributed by atoms with Gasteiger partial charge in [-0.1, -0.05) is 11.6 Å². The van der Waals surface area contributed by atoms with Crippen molar-refractivity contribution >= 4 is 16.1 Å². The molecule has 7 heteroatoms. The molecule has 1 aliphatic carbocycles. The number of hydrogen-bond donors (Lipinski definition) is 2. The van der Waals surface area contributed by atoms with Gasteiger partial charge in [0, 0.05) is 20.6 Å². The second-order valence-corrected chi connectivity index (χ2v) is 6.79. The Bertz CT molecular complexity index is 430. The van der Waals surface area contributed by atoms with Gasteiger partial charge >= 0.3 is 0 Å². The van der Waals surface area contributed by atoms with Crippen LogP contribution in [0.25, 0.3) is 0 Å². The van der Waals surface area contributed by atoms with Crippen molar-refractivity contribution in [3.05, 3.63) is 11.6 Å². The monoisotopic (exact) mass is 289 g/mol. The van der Waals surface area contributed by atoms with Gasteiger partial charge in [-0.2, -0.15) is 17.4 Å². The Labute approximate surface area is 115 Å². The lowest BCUT2D eigenvalue weighted by atomic mass is 9.97. The molecule has 1 amide bonds. The van der Waals surface area contributed by atoms with E-state index in [4.69, 9.17) is 0 Å². The Balaban J connectivity index is 2.20. The highest BCUT2D eigenvalue weighted by Crippen LogP contribution is 2.19. The van der Waals surface area contributed by atoms with Crippen molar-refractivity contribution in [2.45, 2.75) is 32.1 Å². The summed E-state index contributed by atoms with van der Waals surface area (Å²) >= 11 is 0. The quantitative estimate of drug-likeness (QED) is 0.665. The molecule has 0 unspecified atom stereocenters. The Kier molecular flexibility index (Phi) is 6.47. The first kappa shape index (κ1) is 16.1. The average molecular weight is 289 g/mol. The molecule has 0 saturated heterocycles. The molecule has 1 rings (SSSR count). The molecule has 0 aromatic heterocycles. The van der Waals surface area contributed by atoms with Crippen LogP contribution in [0.2, 0.25) is 0 Å². The average Bonchev–Trinajstić information content (AvgIpc) is 2.37. The Morgan fingerprint density at radius 1 is 1.37 bits per heavy atom. The Morgan fingerprint density at radius 3 is 2.68 bits per heavy atom. The van der Waals surface area contributed by atoms with E-state index in [-0.39, 0.29) is 12.5 Å². The van der Waals surface area contributed by atoms with Crippen LogP contribution in [-0.4, -0.2) is 45.8 Å². The summed E-state index contributed by atoms with van der Waals surface area (Å²) in [6.07, 6.45) is 7.82. The van der Waals surface area contributed by atoms with Crippen molar-refractivity contribution in [3.8, 4) is 0 Å². The first-order valence-corrected chi connectivity index (χ1v) is 7.97. The van der Waals surface area contributed by atoms with Crippen LogP contribution in [0.5, 0.6) is 0 Å². The zero-order chi connectivity index (χ0) is 14.3. The second-order valence-electron chi connectivity index (χ2n) is 4.82. The number of nitrogens with zero attached hydrogens (tertiary/aromatic N) is 1. The molecule has 1 aliphatic rings. The summed E-state index contributed by atoms with van der Waals surface area (Å²) in [5.41, 5.74) is 1.39. The topological polar surface area (TPSA) is 78.5 Å². The van der Waals surface area contributed by atoms with Gasteiger partial charge in [0.2, 0.25) is 5.91 Å². The van der Waals surface area contributed by atoms with E-state index in [1.807, 2.05) is 0 Å². The maximum absolute atomic E-state index is 11.5. The summed E-state index contributed by atoms with van der Waals surface area (Å²) < 4.78 is 26.0. The molecule has 2 N–H and O–H groups in total. The van der Waals surface area contributed by atoms with Gasteiger partial charge in [0.1, 0.15) is 0 Å². The van der Waals surface area contributed by atoms with Gasteiger partial charge in [-0.15, -0.1) is 0 Å². The van der Waals surface area contributed by atoms with Gasteiger partial charge < -0.3 is 5.32 Å². The fourth-order valence-electron chi connectivity index (χ4n) is 1.84. The number of amides is 1. The molecule has 0 saturated carbocycles. The van der Waals surface area contributed by atoms with Crippen molar-refractivity contribution < 1.29 is 13.2 Å². The molecular weight excluding hydrogens is 266 g/mol. The fraction of sp³-hybridized carbons (Fsp3) is 0.750. The standard InChI is InChI=1S/C12H23N3O3S/c1-15(2)19(17,18)14-10-12(16)13-9-8-11-6-4-3-5-7-11/h6,14H,3-5,7-10H2,1-2H3,(H,13,16). The zero-order valence-electron chi connectivity index (χ0n) is 11.6. The third kappa shape index (κ3) is 6.17. The molecule has 6 nitrogen and oxygen atoms in total. The molecule has 110 valence electrons. The van der Waals surface area contributed by atoms with Crippen molar-refractivity contribution in [1.82, 2.24) is 14.3 Å². The molecule has 0 atom stereocenters. The van der Waals surface area contributed by atoms with Crippen LogP contribution in [0.3, 0.4) is 0 Å². The number of hydrogen-bond acceptors (Lipinski definition) is 3. The van der Waals surface area contributed by atoms with E-state index in [2.05, 4.69) is 16.1 Å². The largest absolute Gasteiger partial charge is 0.355 e. The molecule has 0 aromatic rings. The molecule has 0 aliphatic heterocycles. The molecule has 0 fully saturated rings. The normalized spacial score (nSPS) is 16.3. The SMILES string of the molecule is CN(C)S(=O)(=O)NCC(=O)NCCC1=CCCCC1. The molecular formula is C12H23N3O3S. The van der Waals surface area contributed by atoms with E-state index in [1.165, 1.54) is 32.5 Å². The van der Waals surface area contributed by atoms with E-state index in [0.29, 0.717) is 6.54 Å². The first-order valence-electron chi connectivity index (χ1n) is 6.53. The smallest absolute Gasteiger partial charge is 0.279 e. The third-order valence-electron chi connectivity index (χ3n) is 3.05. The highest BCUT2D eigenvalue weighted by molar-refractivity contribution is 7.87. The van der Waals surface area contributed by atoms with E-state index in [1.54, 1.807) is 0 Å². The van der Waals surface area contributed by atoms with Gasteiger partial charge in [-0.25, -0.2) is 0 Å². The first-order chi connectivity index (χ1) is 8.92. The van der Waals surface area contributed by atoms with Crippen molar-refractivity contribution in [3.63, 3.8) is 0 Å². The van der Waals surface area contributed by atoms with Gasteiger partial charge in [0.25, 0.3) is 10.2 Å². The van der Waals surface area contributed by atoms with Crippen LogP contribution >= 0.6 is 0 Å². The molecule has 0 heterocycles. The summed E-state index contributed by atoms with van der Waals surface area (Å²) in [6, 6.07) is 0. The molecule has 19 heavy (non-hydrogen) atoms. The minimum absolute atomic E-state index is 0.223. The fourth-order valence-corrected chi connectivity index (χ4v) is 2.41.